The topological polar surface area (TPSA) is 92.8 Å². The number of esters is 1. The van der Waals surface area contributed by atoms with E-state index in [2.05, 4.69) is 308 Å². The molecule has 1 heterocycles. The van der Waals surface area contributed by atoms with Crippen LogP contribution in [0.25, 0.3) is 0 Å². The Kier molecular flexibility index (Phi) is 50.8. The zero-order chi connectivity index (χ0) is 86.8. The van der Waals surface area contributed by atoms with E-state index in [1.54, 1.807) is 47.5 Å². The van der Waals surface area contributed by atoms with E-state index in [1.807, 2.05) is 91.0 Å². The first-order valence-electron chi connectivity index (χ1n) is 42.1. The number of hydrogen-bond acceptors (Lipinski definition) is 9. The number of carbonyl (C=O) groups excluding carboxylic acids is 2. The van der Waals surface area contributed by atoms with Crippen LogP contribution in [0.1, 0.15) is 310 Å². The number of nitrogens with zero attached hydrogens (tertiary/aromatic N) is 1. The SMILES string of the molecule is CC(=O)c1ccc(C(C)C)cc1.CC(C)c1ccc(CN2CCOCC2)cc1.CCc1cccc(C(C)C)c1.COC(=O)c1ccc(C(C)C)cc1.COc1ccc(C(C)C)cc1.COc1ccc(C(C)C)cc1.COc1cccc(C(C)C)c1.COc1ccccc1C(C)C.Cc1ccc(C(C)C)cc1.Cc1ccc(C(C)C)cc1. The quantitative estimate of drug-likeness (QED) is 0.0580. The van der Waals surface area contributed by atoms with Crippen molar-refractivity contribution in [3.8, 4) is 23.0 Å². The molecule has 0 radical (unpaired) electrons. The minimum Gasteiger partial charge on any atom is -0.497 e. The third-order valence-corrected chi connectivity index (χ3v) is 19.7. The molecule has 9 nitrogen and oxygen atoms in total. The fourth-order valence-corrected chi connectivity index (χ4v) is 11.4. The second kappa shape index (κ2) is 57.5. The molecule has 10 aromatic carbocycles. The highest BCUT2D eigenvalue weighted by Gasteiger charge is 2.12. The Balaban J connectivity index is 0.000000438. The van der Waals surface area contributed by atoms with Crippen LogP contribution in [0, 0.1) is 13.8 Å². The molecule has 0 aromatic heterocycles. The Morgan fingerprint density at radius 2 is 0.655 bits per heavy atom. The van der Waals surface area contributed by atoms with Crippen LogP contribution in [-0.2, 0) is 22.4 Å². The van der Waals surface area contributed by atoms with Crippen LogP contribution in [0.15, 0.2) is 243 Å². The van der Waals surface area contributed by atoms with Crippen molar-refractivity contribution in [2.24, 2.45) is 0 Å². The van der Waals surface area contributed by atoms with Crippen molar-refractivity contribution in [3.63, 3.8) is 0 Å². The summed E-state index contributed by atoms with van der Waals surface area (Å²) < 4.78 is 30.4. The van der Waals surface area contributed by atoms with Crippen LogP contribution in [-0.4, -0.2) is 78.5 Å². The second-order valence-electron chi connectivity index (χ2n) is 32.5. The van der Waals surface area contributed by atoms with Gasteiger partial charge >= 0.3 is 5.97 Å². The molecule has 0 spiro atoms. The zero-order valence-corrected chi connectivity index (χ0v) is 76.8. The largest absolute Gasteiger partial charge is 0.497 e. The van der Waals surface area contributed by atoms with Gasteiger partial charge in [-0.25, -0.2) is 4.79 Å². The highest BCUT2D eigenvalue weighted by Crippen LogP contribution is 2.27. The maximum Gasteiger partial charge on any atom is 0.337 e. The molecule has 630 valence electrons. The number of hydrogen-bond donors (Lipinski definition) is 0. The van der Waals surface area contributed by atoms with E-state index < -0.39 is 0 Å². The lowest BCUT2D eigenvalue weighted by Gasteiger charge is -2.26. The third kappa shape index (κ3) is 41.8. The van der Waals surface area contributed by atoms with Gasteiger partial charge in [0.25, 0.3) is 0 Å². The van der Waals surface area contributed by atoms with Crippen molar-refractivity contribution in [3.05, 3.63) is 332 Å². The number of benzene rings is 10. The van der Waals surface area contributed by atoms with E-state index in [0.29, 0.717) is 64.7 Å². The Hall–Kier alpha value is -9.54. The average Bonchev–Trinajstić information content (AvgIpc) is 0.888. The van der Waals surface area contributed by atoms with Crippen molar-refractivity contribution in [2.45, 2.75) is 238 Å². The highest BCUT2D eigenvalue weighted by molar-refractivity contribution is 5.94. The molecule has 10 aromatic rings. The Morgan fingerprint density at radius 3 is 0.974 bits per heavy atom. The number of aryl methyl sites for hydroxylation is 3. The highest BCUT2D eigenvalue weighted by atomic mass is 16.5. The molecule has 1 saturated heterocycles. The average molecular weight is 1580 g/mol. The van der Waals surface area contributed by atoms with Crippen LogP contribution in [0.2, 0.25) is 0 Å². The van der Waals surface area contributed by atoms with Crippen molar-refractivity contribution in [1.82, 2.24) is 4.90 Å². The van der Waals surface area contributed by atoms with Crippen molar-refractivity contribution < 1.29 is 38.0 Å². The number of morpholine rings is 1. The predicted octanol–water partition coefficient (Wildman–Crippen LogP) is 29.1. The maximum absolute atomic E-state index is 11.1. The van der Waals surface area contributed by atoms with Gasteiger partial charge in [-0.1, -0.05) is 345 Å². The molecule has 0 bridgehead atoms. The fourth-order valence-electron chi connectivity index (χ4n) is 11.4. The van der Waals surface area contributed by atoms with Gasteiger partial charge in [0, 0.05) is 25.2 Å². The number of Topliss-reactive ketones (excluding diaryl/α,β-unsaturated/α-hetero) is 1. The van der Waals surface area contributed by atoms with Gasteiger partial charge in [0.2, 0.25) is 0 Å². The standard InChI is InChI=1S/C14H21NO.C11H14O2.C11H14O.C11H16.4C10H14O.2C10H14/c1-12(2)14-5-3-13(4-6-14)11-15-7-9-16-10-8-15;1-8(2)9-4-6-10(7-5-9)11(12)13-3;1-8(2)10-4-6-11(7-5-10)9(3)12;1-4-10-6-5-7-11(8-10)9(2)3;2*1-8(2)9-4-6-10(11-3)7-5-9;1-8(2)9-5-4-6-10(7-9)11-3;1-8(2)9-6-4-5-7-10(9)11-3;2*1-8(2)10-6-4-9(3)5-7-10/h3-6,12H,7-11H2,1-2H3;4-8H,1-3H3;4-8H,1-3H3;5-9H,4H2,1-3H3;4*4-8H,1-3H3;2*4-8H,1-3H3. The molecule has 1 aliphatic heterocycles. The molecule has 0 aliphatic carbocycles. The van der Waals surface area contributed by atoms with E-state index in [1.165, 1.54) is 85.0 Å². The predicted molar refractivity (Wildman–Crippen MR) is 498 cm³/mol. The first kappa shape index (κ1) is 103. The summed E-state index contributed by atoms with van der Waals surface area (Å²) in [5.74, 6) is 9.54. The van der Waals surface area contributed by atoms with Gasteiger partial charge in [-0.15, -0.1) is 0 Å². The van der Waals surface area contributed by atoms with Gasteiger partial charge in [-0.3, -0.25) is 9.69 Å². The lowest BCUT2D eigenvalue weighted by molar-refractivity contribution is 0.0342. The number of ether oxygens (including phenoxy) is 6. The van der Waals surface area contributed by atoms with Gasteiger partial charge in [-0.2, -0.15) is 0 Å². The summed E-state index contributed by atoms with van der Waals surface area (Å²) in [6.07, 6.45) is 1.14. The Bertz CT molecular complexity index is 4030. The van der Waals surface area contributed by atoms with Crippen LogP contribution in [0.3, 0.4) is 0 Å². The van der Waals surface area contributed by atoms with Gasteiger partial charge < -0.3 is 28.4 Å². The van der Waals surface area contributed by atoms with Crippen molar-refractivity contribution >= 4 is 11.8 Å². The first-order valence-corrected chi connectivity index (χ1v) is 42.1. The smallest absolute Gasteiger partial charge is 0.337 e. The van der Waals surface area contributed by atoms with Gasteiger partial charge in [0.05, 0.1) is 54.3 Å². The summed E-state index contributed by atoms with van der Waals surface area (Å²) in [5.41, 5.74) is 20.4. The molecule has 0 atom stereocenters. The first-order chi connectivity index (χ1) is 55.1. The molecule has 116 heavy (non-hydrogen) atoms. The van der Waals surface area contributed by atoms with E-state index in [4.69, 9.17) is 23.7 Å². The summed E-state index contributed by atoms with van der Waals surface area (Å²) in [4.78, 5) is 24.5. The van der Waals surface area contributed by atoms with E-state index in [9.17, 15) is 9.59 Å². The maximum atomic E-state index is 11.1. The summed E-state index contributed by atoms with van der Waals surface area (Å²) in [6, 6.07) is 83.3. The molecule has 11 rings (SSSR count). The Morgan fingerprint density at radius 1 is 0.328 bits per heavy atom. The summed E-state index contributed by atoms with van der Waals surface area (Å²) in [5, 5.41) is 0. The molecule has 0 N–H and O–H groups in total. The second-order valence-corrected chi connectivity index (χ2v) is 32.5. The minimum atomic E-state index is -0.282. The molecule has 0 unspecified atom stereocenters. The van der Waals surface area contributed by atoms with Crippen LogP contribution in [0.4, 0.5) is 0 Å². The van der Waals surface area contributed by atoms with E-state index >= 15 is 0 Å². The van der Waals surface area contributed by atoms with E-state index in [-0.39, 0.29) is 11.8 Å². The normalized spacial score (nSPS) is 11.3. The number of rotatable bonds is 19. The lowest BCUT2D eigenvalue weighted by Crippen LogP contribution is -2.35. The minimum absolute atomic E-state index is 0.130. The summed E-state index contributed by atoms with van der Waals surface area (Å²) in [6.45, 7) is 56.7. The van der Waals surface area contributed by atoms with E-state index in [0.717, 1.165) is 67.8 Å². The molecule has 1 aliphatic rings. The molecule has 0 saturated carbocycles. The Labute approximate surface area is 705 Å². The summed E-state index contributed by atoms with van der Waals surface area (Å²) >= 11 is 0. The molecular formula is C107H149NO8. The van der Waals surface area contributed by atoms with Crippen molar-refractivity contribution in [1.29, 1.82) is 0 Å². The third-order valence-electron chi connectivity index (χ3n) is 19.7. The number of ketones is 1. The van der Waals surface area contributed by atoms with Crippen LogP contribution >= 0.6 is 0 Å². The van der Waals surface area contributed by atoms with Gasteiger partial charge in [-0.05, 0) is 208 Å². The zero-order valence-electron chi connectivity index (χ0n) is 76.8. The number of methoxy groups -OCH3 is 5. The van der Waals surface area contributed by atoms with Gasteiger partial charge in [0.1, 0.15) is 23.0 Å². The van der Waals surface area contributed by atoms with Crippen LogP contribution < -0.4 is 18.9 Å². The molecule has 0 amide bonds. The van der Waals surface area contributed by atoms with Gasteiger partial charge in [0.15, 0.2) is 5.78 Å². The molecule has 9 heteroatoms. The number of para-hydroxylation sites is 1. The summed E-state index contributed by atoms with van der Waals surface area (Å²) in [7, 11) is 8.16. The molecule has 1 fully saturated rings. The molecular weight excluding hydrogens is 1430 g/mol. The fraction of sp³-hybridized carbons (Fsp3) is 0.421. The lowest BCUT2D eigenvalue weighted by atomic mass is 10.0. The van der Waals surface area contributed by atoms with Crippen molar-refractivity contribution in [2.75, 3.05) is 61.9 Å². The van der Waals surface area contributed by atoms with Crippen LogP contribution in [0.5, 0.6) is 23.0 Å². The monoisotopic (exact) mass is 1580 g/mol. The number of carbonyl (C=O) groups is 2.